The van der Waals surface area contributed by atoms with Crippen LogP contribution in [-0.4, -0.2) is 24.3 Å². The molecule has 1 aliphatic rings. The van der Waals surface area contributed by atoms with Crippen molar-refractivity contribution in [2.45, 2.75) is 37.4 Å². The van der Waals surface area contributed by atoms with Crippen molar-refractivity contribution in [2.24, 2.45) is 0 Å². The second-order valence-electron chi connectivity index (χ2n) is 6.29. The van der Waals surface area contributed by atoms with Gasteiger partial charge < -0.3 is 4.98 Å². The van der Waals surface area contributed by atoms with Crippen LogP contribution in [0.5, 0.6) is 0 Å². The molecule has 0 fully saturated rings. The van der Waals surface area contributed by atoms with E-state index in [1.807, 2.05) is 13.0 Å². The molecule has 1 aliphatic heterocycles. The summed E-state index contributed by atoms with van der Waals surface area (Å²) in [5.74, 6) is 0. The molecule has 1 aromatic carbocycles. The summed E-state index contributed by atoms with van der Waals surface area (Å²) in [6.07, 6.45) is 1.60. The van der Waals surface area contributed by atoms with Gasteiger partial charge in [0, 0.05) is 41.0 Å². The first-order valence-electron chi connectivity index (χ1n) is 8.18. The number of hydrogen-bond acceptors (Lipinski definition) is 3. The van der Waals surface area contributed by atoms with Gasteiger partial charge in [0.15, 0.2) is 0 Å². The van der Waals surface area contributed by atoms with Gasteiger partial charge in [-0.15, -0.1) is 11.3 Å². The fourth-order valence-electron chi connectivity index (χ4n) is 3.33. The summed E-state index contributed by atoms with van der Waals surface area (Å²) in [4.78, 5) is 4.57. The summed E-state index contributed by atoms with van der Waals surface area (Å²) >= 11 is 1.38. The lowest BCUT2D eigenvalue weighted by Gasteiger charge is -2.25. The lowest BCUT2D eigenvalue weighted by Crippen LogP contribution is -2.35. The topological polar surface area (TPSA) is 53.2 Å². The Hall–Kier alpha value is -1.63. The highest BCUT2D eigenvalue weighted by Crippen LogP contribution is 2.32. The Kier molecular flexibility index (Phi) is 3.78. The third-order valence-electron chi connectivity index (χ3n) is 4.68. The molecule has 0 atom stereocenters. The number of fused-ring (bicyclic) bond motifs is 3. The zero-order chi connectivity index (χ0) is 16.9. The highest BCUT2D eigenvalue weighted by atomic mass is 32.2. The van der Waals surface area contributed by atoms with E-state index in [0.717, 1.165) is 34.2 Å². The number of aromatic amines is 1. The van der Waals surface area contributed by atoms with Crippen molar-refractivity contribution in [3.8, 4) is 0 Å². The molecular weight excluding hydrogens is 340 g/mol. The number of sulfonamides is 1. The van der Waals surface area contributed by atoms with E-state index in [1.165, 1.54) is 22.6 Å². The molecule has 0 bridgehead atoms. The van der Waals surface area contributed by atoms with Crippen LogP contribution in [0.15, 0.2) is 34.5 Å². The maximum Gasteiger partial charge on any atom is 0.252 e. The van der Waals surface area contributed by atoms with Crippen molar-refractivity contribution < 1.29 is 8.42 Å². The van der Waals surface area contributed by atoms with Crippen molar-refractivity contribution >= 4 is 32.3 Å². The van der Waals surface area contributed by atoms with Crippen molar-refractivity contribution in [1.29, 1.82) is 0 Å². The van der Waals surface area contributed by atoms with Gasteiger partial charge in [-0.1, -0.05) is 19.1 Å². The normalized spacial score (nSPS) is 15.8. The maximum absolute atomic E-state index is 13.0. The highest BCUT2D eigenvalue weighted by Gasteiger charge is 2.31. The molecule has 1 N–H and O–H groups in total. The van der Waals surface area contributed by atoms with E-state index in [-0.39, 0.29) is 0 Å². The average molecular weight is 361 g/mol. The molecule has 0 unspecified atom stereocenters. The zero-order valence-corrected chi connectivity index (χ0v) is 15.4. The Labute approximate surface area is 146 Å². The Morgan fingerprint density at radius 2 is 2.08 bits per heavy atom. The van der Waals surface area contributed by atoms with Gasteiger partial charge in [-0.3, -0.25) is 0 Å². The Morgan fingerprint density at radius 3 is 2.83 bits per heavy atom. The zero-order valence-electron chi connectivity index (χ0n) is 13.8. The molecule has 24 heavy (non-hydrogen) atoms. The molecule has 3 heterocycles. The van der Waals surface area contributed by atoms with Crippen molar-refractivity contribution in [3.05, 3.63) is 52.0 Å². The number of nitrogens with one attached hydrogen (secondary N) is 1. The predicted octanol–water partition coefficient (Wildman–Crippen LogP) is 3.85. The number of benzene rings is 1. The molecule has 0 saturated carbocycles. The molecule has 4 rings (SSSR count). The molecule has 4 nitrogen and oxygen atoms in total. The third-order valence-corrected chi connectivity index (χ3v) is 8.22. The summed E-state index contributed by atoms with van der Waals surface area (Å²) < 4.78 is 28.0. The van der Waals surface area contributed by atoms with Crippen LogP contribution in [0.3, 0.4) is 0 Å². The summed E-state index contributed by atoms with van der Waals surface area (Å²) in [5, 5.41) is 1.14. The molecule has 3 aromatic rings. The minimum absolute atomic E-state index is 0.445. The predicted molar refractivity (Wildman–Crippen MR) is 98.0 cm³/mol. The smallest absolute Gasteiger partial charge is 0.252 e. The van der Waals surface area contributed by atoms with Gasteiger partial charge in [-0.2, -0.15) is 4.31 Å². The van der Waals surface area contributed by atoms with E-state index in [1.54, 1.807) is 10.4 Å². The first-order valence-corrected chi connectivity index (χ1v) is 10.4. The monoisotopic (exact) mass is 360 g/mol. The van der Waals surface area contributed by atoms with Gasteiger partial charge in [-0.05, 0) is 42.7 Å². The minimum atomic E-state index is -3.41. The van der Waals surface area contributed by atoms with Crippen LogP contribution >= 0.6 is 11.3 Å². The molecule has 6 heteroatoms. The van der Waals surface area contributed by atoms with Crippen LogP contribution in [0, 0.1) is 6.92 Å². The van der Waals surface area contributed by atoms with Crippen LogP contribution in [0.1, 0.15) is 28.6 Å². The van der Waals surface area contributed by atoms with E-state index in [2.05, 4.69) is 30.1 Å². The Bertz CT molecular complexity index is 1010. The Morgan fingerprint density at radius 1 is 1.25 bits per heavy atom. The molecule has 0 aliphatic carbocycles. The number of aryl methyl sites for hydroxylation is 2. The van der Waals surface area contributed by atoms with Crippen LogP contribution in [-0.2, 0) is 29.4 Å². The third kappa shape index (κ3) is 2.49. The van der Waals surface area contributed by atoms with Gasteiger partial charge in [-0.25, -0.2) is 8.42 Å². The number of H-pyrrole nitrogens is 1. The average Bonchev–Trinajstić information content (AvgIpc) is 3.18. The van der Waals surface area contributed by atoms with Crippen molar-refractivity contribution in [2.75, 3.05) is 6.54 Å². The van der Waals surface area contributed by atoms with E-state index >= 15 is 0 Å². The van der Waals surface area contributed by atoms with Gasteiger partial charge in [0.25, 0.3) is 10.0 Å². The minimum Gasteiger partial charge on any atom is -0.358 e. The molecule has 0 radical (unpaired) electrons. The van der Waals surface area contributed by atoms with Gasteiger partial charge in [0.1, 0.15) is 4.21 Å². The van der Waals surface area contributed by atoms with Crippen molar-refractivity contribution in [3.63, 3.8) is 0 Å². The van der Waals surface area contributed by atoms with Gasteiger partial charge >= 0.3 is 0 Å². The van der Waals surface area contributed by atoms with E-state index in [4.69, 9.17) is 0 Å². The van der Waals surface area contributed by atoms with Crippen LogP contribution in [0.25, 0.3) is 10.9 Å². The van der Waals surface area contributed by atoms with E-state index in [0.29, 0.717) is 17.3 Å². The van der Waals surface area contributed by atoms with Gasteiger partial charge in [0.05, 0.1) is 0 Å². The standard InChI is InChI=1S/C18H20N2O2S2/c1-3-13-5-7-18(23-13)24(21,22)20-9-8-16-15(11-20)14-6-4-12(2)10-17(14)19-16/h4-7,10,19H,3,8-9,11H2,1-2H3. The molecule has 126 valence electrons. The molecule has 0 saturated heterocycles. The summed E-state index contributed by atoms with van der Waals surface area (Å²) in [6, 6.07) is 9.96. The first kappa shape index (κ1) is 15.9. The van der Waals surface area contributed by atoms with Crippen LogP contribution in [0.2, 0.25) is 0 Å². The quantitative estimate of drug-likeness (QED) is 0.771. The summed E-state index contributed by atoms with van der Waals surface area (Å²) in [5.41, 5.74) is 4.59. The lowest BCUT2D eigenvalue weighted by atomic mass is 10.1. The van der Waals surface area contributed by atoms with Crippen LogP contribution in [0.4, 0.5) is 0 Å². The van der Waals surface area contributed by atoms with Crippen molar-refractivity contribution in [1.82, 2.24) is 9.29 Å². The molecular formula is C18H20N2O2S2. The second-order valence-corrected chi connectivity index (χ2v) is 9.63. The number of nitrogens with zero attached hydrogens (tertiary/aromatic N) is 1. The number of thiophene rings is 1. The Balaban J connectivity index is 1.72. The van der Waals surface area contributed by atoms with Crippen LogP contribution < -0.4 is 0 Å². The molecule has 0 amide bonds. The summed E-state index contributed by atoms with van der Waals surface area (Å²) in [7, 11) is -3.41. The van der Waals surface area contributed by atoms with E-state index in [9.17, 15) is 8.42 Å². The second kappa shape index (κ2) is 5.72. The fourth-order valence-corrected chi connectivity index (χ4v) is 6.19. The number of rotatable bonds is 3. The summed E-state index contributed by atoms with van der Waals surface area (Å²) in [6.45, 7) is 5.09. The largest absolute Gasteiger partial charge is 0.358 e. The van der Waals surface area contributed by atoms with Gasteiger partial charge in [0.2, 0.25) is 0 Å². The first-order chi connectivity index (χ1) is 11.5. The SMILES string of the molecule is CCc1ccc(S(=O)(=O)N2CCc3[nH]c4cc(C)ccc4c3C2)s1. The molecule has 0 spiro atoms. The lowest BCUT2D eigenvalue weighted by molar-refractivity contribution is 0.392. The van der Waals surface area contributed by atoms with E-state index < -0.39 is 10.0 Å². The maximum atomic E-state index is 13.0. The highest BCUT2D eigenvalue weighted by molar-refractivity contribution is 7.91. The molecule has 2 aromatic heterocycles. The fraction of sp³-hybridized carbons (Fsp3) is 0.333. The number of aromatic nitrogens is 1. The number of hydrogen-bond donors (Lipinski definition) is 1.